The minimum absolute atomic E-state index is 0.0379. The van der Waals surface area contributed by atoms with Gasteiger partial charge in [-0.05, 0) is 15.4 Å². The van der Waals surface area contributed by atoms with Crippen molar-refractivity contribution in [2.24, 2.45) is 5.92 Å². The molecule has 2 aromatic rings. The highest BCUT2D eigenvalue weighted by atomic mass is 28.4. The summed E-state index contributed by atoms with van der Waals surface area (Å²) in [7, 11) is -0.856. The molecule has 1 aliphatic heterocycles. The molecule has 1 fully saturated rings. The van der Waals surface area contributed by atoms with Crippen LogP contribution in [-0.2, 0) is 13.9 Å². The van der Waals surface area contributed by atoms with Gasteiger partial charge >= 0.3 is 0 Å². The van der Waals surface area contributed by atoms with Crippen molar-refractivity contribution in [1.29, 1.82) is 0 Å². The number of methoxy groups -OCH3 is 1. The van der Waals surface area contributed by atoms with E-state index in [1.54, 1.807) is 7.11 Å². The van der Waals surface area contributed by atoms with Crippen LogP contribution in [-0.4, -0.2) is 34.4 Å². The van der Waals surface area contributed by atoms with Crippen molar-refractivity contribution >= 4 is 18.7 Å². The highest BCUT2D eigenvalue weighted by Crippen LogP contribution is 2.38. The Morgan fingerprint density at radius 1 is 1.04 bits per heavy atom. The van der Waals surface area contributed by atoms with Crippen LogP contribution in [0.2, 0.25) is 5.04 Å². The lowest BCUT2D eigenvalue weighted by Gasteiger charge is -2.43. The Labute approximate surface area is 170 Å². The van der Waals surface area contributed by atoms with Gasteiger partial charge in [0.1, 0.15) is 0 Å². The van der Waals surface area contributed by atoms with E-state index in [-0.39, 0.29) is 23.4 Å². The molecule has 1 heterocycles. The third-order valence-electron chi connectivity index (χ3n) is 5.72. The topological polar surface area (TPSA) is 27.7 Å². The average molecular weight is 397 g/mol. The first kappa shape index (κ1) is 21.0. The third-order valence-corrected chi connectivity index (χ3v) is 10.7. The molecular formula is C24H32O3Si. The summed E-state index contributed by atoms with van der Waals surface area (Å²) in [6.45, 7) is 11.4. The molecule has 0 N–H and O–H groups in total. The van der Waals surface area contributed by atoms with E-state index < -0.39 is 8.32 Å². The lowest BCUT2D eigenvalue weighted by Crippen LogP contribution is -2.67. The fourth-order valence-electron chi connectivity index (χ4n) is 4.26. The maximum Gasteiger partial charge on any atom is 0.261 e. The van der Waals surface area contributed by atoms with Crippen LogP contribution in [0, 0.1) is 5.92 Å². The molecule has 0 radical (unpaired) electrons. The Bertz CT molecular complexity index is 715. The lowest BCUT2D eigenvalue weighted by molar-refractivity contribution is -0.122. The largest absolute Gasteiger partial charge is 0.405 e. The van der Waals surface area contributed by atoms with Crippen molar-refractivity contribution in [3.8, 4) is 0 Å². The third kappa shape index (κ3) is 4.01. The van der Waals surface area contributed by atoms with Crippen LogP contribution in [0.25, 0.3) is 0 Å². The predicted molar refractivity (Wildman–Crippen MR) is 118 cm³/mol. The second-order valence-electron chi connectivity index (χ2n) is 8.45. The first-order valence-electron chi connectivity index (χ1n) is 9.98. The van der Waals surface area contributed by atoms with Gasteiger partial charge in [0.2, 0.25) is 0 Å². The molecule has 3 rings (SSSR count). The molecular weight excluding hydrogens is 364 g/mol. The second kappa shape index (κ2) is 8.74. The summed E-state index contributed by atoms with van der Waals surface area (Å²) in [4.78, 5) is 0. The molecule has 4 heteroatoms. The number of benzene rings is 2. The summed E-state index contributed by atoms with van der Waals surface area (Å²) < 4.78 is 18.5. The molecule has 150 valence electrons. The second-order valence-corrected chi connectivity index (χ2v) is 12.8. The number of hydrogen-bond acceptors (Lipinski definition) is 3. The maximum atomic E-state index is 6.99. The summed E-state index contributed by atoms with van der Waals surface area (Å²) in [5.74, 6) is 0.239. The summed E-state index contributed by atoms with van der Waals surface area (Å²) in [5, 5.41) is 2.52. The van der Waals surface area contributed by atoms with Gasteiger partial charge in [0.15, 0.2) is 6.29 Å². The lowest BCUT2D eigenvalue weighted by atomic mass is 10.0. The van der Waals surface area contributed by atoms with Gasteiger partial charge in [-0.3, -0.25) is 0 Å². The highest BCUT2D eigenvalue weighted by molar-refractivity contribution is 6.99. The van der Waals surface area contributed by atoms with Gasteiger partial charge in [-0.2, -0.15) is 0 Å². The monoisotopic (exact) mass is 396 g/mol. The Hall–Kier alpha value is -1.72. The fraction of sp³-hybridized carbons (Fsp3) is 0.417. The Balaban J connectivity index is 2.00. The van der Waals surface area contributed by atoms with Gasteiger partial charge in [-0.25, -0.2) is 0 Å². The Morgan fingerprint density at radius 2 is 1.57 bits per heavy atom. The zero-order chi connectivity index (χ0) is 20.2. The van der Waals surface area contributed by atoms with Gasteiger partial charge in [0.05, 0.1) is 12.7 Å². The van der Waals surface area contributed by atoms with Crippen molar-refractivity contribution in [1.82, 2.24) is 0 Å². The first-order valence-corrected chi connectivity index (χ1v) is 11.9. The van der Waals surface area contributed by atoms with Crippen LogP contribution in [0.1, 0.15) is 27.2 Å². The van der Waals surface area contributed by atoms with E-state index in [4.69, 9.17) is 13.9 Å². The summed E-state index contributed by atoms with van der Waals surface area (Å²) >= 11 is 0. The molecule has 0 unspecified atom stereocenters. The van der Waals surface area contributed by atoms with E-state index in [2.05, 4.69) is 88.0 Å². The molecule has 0 aliphatic carbocycles. The SMILES string of the molecule is C=C[C@@H]1C[C@H](OC)O[C@H]1CO[Si](c1ccccc1)(c1ccccc1)C(C)(C)C. The van der Waals surface area contributed by atoms with Gasteiger partial charge in [0, 0.05) is 19.4 Å². The van der Waals surface area contributed by atoms with E-state index in [9.17, 15) is 0 Å². The average Bonchev–Trinajstić information content (AvgIpc) is 3.11. The van der Waals surface area contributed by atoms with Crippen molar-refractivity contribution in [2.45, 2.75) is 44.6 Å². The highest BCUT2D eigenvalue weighted by Gasteiger charge is 2.51. The van der Waals surface area contributed by atoms with Crippen LogP contribution in [0.15, 0.2) is 73.3 Å². The van der Waals surface area contributed by atoms with Gasteiger partial charge in [-0.1, -0.05) is 87.5 Å². The van der Waals surface area contributed by atoms with Crippen LogP contribution in [0.4, 0.5) is 0 Å². The molecule has 1 aliphatic rings. The van der Waals surface area contributed by atoms with Gasteiger partial charge < -0.3 is 13.9 Å². The summed E-state index contributed by atoms with van der Waals surface area (Å²) in [6, 6.07) is 21.4. The van der Waals surface area contributed by atoms with Crippen molar-refractivity contribution < 1.29 is 13.9 Å². The number of ether oxygens (including phenoxy) is 2. The van der Waals surface area contributed by atoms with E-state index in [1.807, 2.05) is 6.08 Å². The summed E-state index contributed by atoms with van der Waals surface area (Å²) in [6.07, 6.45) is 2.58. The molecule has 28 heavy (non-hydrogen) atoms. The van der Waals surface area contributed by atoms with Crippen LogP contribution in [0.5, 0.6) is 0 Å². The molecule has 0 saturated carbocycles. The predicted octanol–water partition coefficient (Wildman–Crippen LogP) is 4.13. The van der Waals surface area contributed by atoms with Gasteiger partial charge in [-0.15, -0.1) is 6.58 Å². The number of rotatable bonds is 7. The van der Waals surface area contributed by atoms with Crippen LogP contribution < -0.4 is 10.4 Å². The van der Waals surface area contributed by atoms with E-state index in [0.717, 1.165) is 6.42 Å². The zero-order valence-electron chi connectivity index (χ0n) is 17.4. The van der Waals surface area contributed by atoms with Crippen molar-refractivity contribution in [2.75, 3.05) is 13.7 Å². The van der Waals surface area contributed by atoms with E-state index in [0.29, 0.717) is 6.61 Å². The minimum Gasteiger partial charge on any atom is -0.405 e. The van der Waals surface area contributed by atoms with Gasteiger partial charge in [0.25, 0.3) is 8.32 Å². The maximum absolute atomic E-state index is 6.99. The molecule has 0 spiro atoms. The molecule has 0 aromatic heterocycles. The zero-order valence-corrected chi connectivity index (χ0v) is 18.4. The minimum atomic E-state index is -2.55. The molecule has 1 saturated heterocycles. The quantitative estimate of drug-likeness (QED) is 0.520. The molecule has 0 bridgehead atoms. The van der Waals surface area contributed by atoms with Crippen molar-refractivity contribution in [3.63, 3.8) is 0 Å². The Kier molecular flexibility index (Phi) is 6.56. The normalized spacial score (nSPS) is 22.9. The molecule has 3 atom stereocenters. The Morgan fingerprint density at radius 3 is 2.00 bits per heavy atom. The molecule has 2 aromatic carbocycles. The van der Waals surface area contributed by atoms with Crippen LogP contribution >= 0.6 is 0 Å². The van der Waals surface area contributed by atoms with Crippen molar-refractivity contribution in [3.05, 3.63) is 73.3 Å². The molecule has 0 amide bonds. The van der Waals surface area contributed by atoms with E-state index >= 15 is 0 Å². The first-order chi connectivity index (χ1) is 13.4. The number of hydrogen-bond donors (Lipinski definition) is 0. The molecule has 3 nitrogen and oxygen atoms in total. The van der Waals surface area contributed by atoms with Crippen LogP contribution in [0.3, 0.4) is 0 Å². The summed E-state index contributed by atoms with van der Waals surface area (Å²) in [5.41, 5.74) is 0. The smallest absolute Gasteiger partial charge is 0.261 e. The van der Waals surface area contributed by atoms with E-state index in [1.165, 1.54) is 10.4 Å². The fourth-order valence-corrected chi connectivity index (χ4v) is 8.83. The standard InChI is InChI=1S/C24H32O3Si/c1-6-19-17-23(25-5)27-22(19)18-26-28(24(2,3)4,20-13-9-7-10-14-20)21-15-11-8-12-16-21/h6-16,19,22-23H,1,17-18H2,2-5H3/t19-,22+,23-/m1/s1.